The number of aryl methyl sites for hydroxylation is 2. The molecule has 0 spiro atoms. The molecule has 0 aliphatic carbocycles. The quantitative estimate of drug-likeness (QED) is 0.499. The van der Waals surface area contributed by atoms with E-state index in [1.54, 1.807) is 25.1 Å². The number of sulfonamides is 1. The summed E-state index contributed by atoms with van der Waals surface area (Å²) in [5, 5.41) is 7.07. The summed E-state index contributed by atoms with van der Waals surface area (Å²) in [5.41, 5.74) is 3.27. The number of piperidine rings is 1. The number of hydrogen-bond acceptors (Lipinski definition) is 7. The zero-order valence-electron chi connectivity index (χ0n) is 21.3. The number of anilines is 1. The molecule has 2 aliphatic rings. The maximum absolute atomic E-state index is 13.1. The van der Waals surface area contributed by atoms with Gasteiger partial charge in [0.05, 0.1) is 11.4 Å². The Morgan fingerprint density at radius 1 is 1.05 bits per heavy atom. The number of nitrogens with one attached hydrogen (secondary N) is 1. The van der Waals surface area contributed by atoms with Crippen LogP contribution in [0.3, 0.4) is 0 Å². The lowest BCUT2D eigenvalue weighted by atomic mass is 9.96. The Bertz CT molecular complexity index is 1370. The van der Waals surface area contributed by atoms with Crippen LogP contribution in [0.5, 0.6) is 0 Å². The summed E-state index contributed by atoms with van der Waals surface area (Å²) < 4.78 is 33.1. The van der Waals surface area contributed by atoms with Crippen LogP contribution in [0, 0.1) is 19.8 Å². The first-order valence-electron chi connectivity index (χ1n) is 12.8. The van der Waals surface area contributed by atoms with Crippen LogP contribution >= 0.6 is 0 Å². The minimum Gasteiger partial charge on any atom is -0.338 e. The summed E-state index contributed by atoms with van der Waals surface area (Å²) in [6.45, 7) is 6.94. The normalized spacial score (nSPS) is 17.8. The lowest BCUT2D eigenvalue weighted by Crippen LogP contribution is -2.37. The van der Waals surface area contributed by atoms with Crippen molar-refractivity contribution in [1.29, 1.82) is 0 Å². The van der Waals surface area contributed by atoms with Gasteiger partial charge in [0.2, 0.25) is 27.6 Å². The molecule has 0 saturated carbocycles. The fourth-order valence-electron chi connectivity index (χ4n) is 5.03. The van der Waals surface area contributed by atoms with Crippen LogP contribution in [0.25, 0.3) is 11.4 Å². The molecule has 0 unspecified atom stereocenters. The van der Waals surface area contributed by atoms with E-state index >= 15 is 0 Å². The summed E-state index contributed by atoms with van der Waals surface area (Å²) in [5.74, 6) is 0.928. The minimum absolute atomic E-state index is 0.0763. The molecule has 196 valence electrons. The molecule has 5 rings (SSSR count). The van der Waals surface area contributed by atoms with Gasteiger partial charge in [-0.1, -0.05) is 35.0 Å². The molecule has 9 nitrogen and oxygen atoms in total. The number of carbonyl (C=O) groups excluding carboxylic acids is 1. The third-order valence-corrected chi connectivity index (χ3v) is 9.24. The zero-order valence-corrected chi connectivity index (χ0v) is 22.1. The fraction of sp³-hybridized carbons (Fsp3) is 0.444. The summed E-state index contributed by atoms with van der Waals surface area (Å²) in [7, 11) is -3.55. The molecule has 1 amide bonds. The van der Waals surface area contributed by atoms with Crippen molar-refractivity contribution in [3.05, 3.63) is 59.5 Å². The largest absolute Gasteiger partial charge is 0.338 e. The Balaban J connectivity index is 1.16. The minimum atomic E-state index is -3.55. The summed E-state index contributed by atoms with van der Waals surface area (Å²) in [6.07, 6.45) is 3.17. The highest BCUT2D eigenvalue weighted by Gasteiger charge is 2.30. The van der Waals surface area contributed by atoms with Crippen LogP contribution in [-0.2, 0) is 21.4 Å². The van der Waals surface area contributed by atoms with Crippen molar-refractivity contribution in [3.8, 4) is 11.4 Å². The zero-order chi connectivity index (χ0) is 26.0. The van der Waals surface area contributed by atoms with E-state index in [9.17, 15) is 13.2 Å². The monoisotopic (exact) mass is 523 g/mol. The summed E-state index contributed by atoms with van der Waals surface area (Å²) in [4.78, 5) is 20.0. The van der Waals surface area contributed by atoms with Gasteiger partial charge in [-0.15, -0.1) is 0 Å². The third kappa shape index (κ3) is 5.76. The SMILES string of the molecule is Cc1cccc(-c2noc(CN3CCC(C(=O)Nc4ccc(C)c(S(=O)(=O)N5CCCC5)c4)CC3)n2)c1. The van der Waals surface area contributed by atoms with E-state index in [4.69, 9.17) is 4.52 Å². The van der Waals surface area contributed by atoms with Crippen molar-refractivity contribution in [3.63, 3.8) is 0 Å². The molecule has 1 N–H and O–H groups in total. The summed E-state index contributed by atoms with van der Waals surface area (Å²) in [6, 6.07) is 13.1. The van der Waals surface area contributed by atoms with E-state index < -0.39 is 10.0 Å². The van der Waals surface area contributed by atoms with Crippen LogP contribution in [-0.4, -0.2) is 59.8 Å². The second-order valence-corrected chi connectivity index (χ2v) is 11.9. The highest BCUT2D eigenvalue weighted by atomic mass is 32.2. The molecule has 1 aromatic heterocycles. The van der Waals surface area contributed by atoms with Crippen LogP contribution in [0.4, 0.5) is 5.69 Å². The van der Waals surface area contributed by atoms with Gasteiger partial charge in [-0.05, 0) is 76.4 Å². The van der Waals surface area contributed by atoms with Crippen molar-refractivity contribution in [1.82, 2.24) is 19.3 Å². The van der Waals surface area contributed by atoms with Gasteiger partial charge in [0.15, 0.2) is 0 Å². The molecule has 0 atom stereocenters. The number of likely N-dealkylation sites (tertiary alicyclic amines) is 1. The van der Waals surface area contributed by atoms with Gasteiger partial charge < -0.3 is 9.84 Å². The van der Waals surface area contributed by atoms with Gasteiger partial charge in [-0.25, -0.2) is 8.42 Å². The van der Waals surface area contributed by atoms with Crippen LogP contribution in [0.1, 0.15) is 42.7 Å². The van der Waals surface area contributed by atoms with E-state index in [1.165, 1.54) is 4.31 Å². The maximum Gasteiger partial charge on any atom is 0.243 e. The van der Waals surface area contributed by atoms with Gasteiger partial charge in [0.25, 0.3) is 0 Å². The van der Waals surface area contributed by atoms with Crippen molar-refractivity contribution in [2.24, 2.45) is 5.92 Å². The number of hydrogen-bond donors (Lipinski definition) is 1. The number of amides is 1. The highest BCUT2D eigenvalue weighted by molar-refractivity contribution is 7.89. The van der Waals surface area contributed by atoms with Gasteiger partial charge in [-0.3, -0.25) is 9.69 Å². The van der Waals surface area contributed by atoms with Crippen molar-refractivity contribution in [2.45, 2.75) is 51.0 Å². The van der Waals surface area contributed by atoms with Crippen LogP contribution in [0.2, 0.25) is 0 Å². The summed E-state index contributed by atoms with van der Waals surface area (Å²) >= 11 is 0. The standard InChI is InChI=1S/C27H33N5O4S/c1-19-6-5-7-22(16-19)26-29-25(36-30-26)18-31-14-10-21(11-15-31)27(33)28-23-9-8-20(2)24(17-23)37(34,35)32-12-3-4-13-32/h5-9,16-17,21H,3-4,10-15,18H2,1-2H3,(H,28,33). The van der Waals surface area contributed by atoms with E-state index in [0.717, 1.165) is 37.1 Å². The molecule has 3 heterocycles. The second kappa shape index (κ2) is 10.7. The van der Waals surface area contributed by atoms with Gasteiger partial charge in [0.1, 0.15) is 0 Å². The second-order valence-electron chi connectivity index (χ2n) is 10.0. The molecule has 37 heavy (non-hydrogen) atoms. The topological polar surface area (TPSA) is 109 Å². The van der Waals surface area contributed by atoms with E-state index in [1.807, 2.05) is 31.2 Å². The first-order valence-corrected chi connectivity index (χ1v) is 14.3. The Morgan fingerprint density at radius 3 is 2.54 bits per heavy atom. The fourth-order valence-corrected chi connectivity index (χ4v) is 6.80. The molecule has 10 heteroatoms. The van der Waals surface area contributed by atoms with Crippen LogP contribution < -0.4 is 5.32 Å². The molecule has 2 aromatic carbocycles. The van der Waals surface area contributed by atoms with Crippen molar-refractivity contribution >= 4 is 21.6 Å². The smallest absolute Gasteiger partial charge is 0.243 e. The Kier molecular flexibility index (Phi) is 7.41. The van der Waals surface area contributed by atoms with Crippen molar-refractivity contribution in [2.75, 3.05) is 31.5 Å². The molecule has 0 radical (unpaired) electrons. The molecular weight excluding hydrogens is 490 g/mol. The molecular formula is C27H33N5O4S. The Morgan fingerprint density at radius 2 is 1.81 bits per heavy atom. The number of aromatic nitrogens is 2. The average molecular weight is 524 g/mol. The lowest BCUT2D eigenvalue weighted by molar-refractivity contribution is -0.121. The highest BCUT2D eigenvalue weighted by Crippen LogP contribution is 2.27. The molecule has 2 saturated heterocycles. The first kappa shape index (κ1) is 25.6. The molecule has 2 fully saturated rings. The predicted octanol–water partition coefficient (Wildman–Crippen LogP) is 3.99. The molecule has 2 aliphatic heterocycles. The van der Waals surface area contributed by atoms with Gasteiger partial charge in [-0.2, -0.15) is 9.29 Å². The van der Waals surface area contributed by atoms with E-state index in [2.05, 4.69) is 20.4 Å². The number of benzene rings is 2. The van der Waals surface area contributed by atoms with Crippen molar-refractivity contribution < 1.29 is 17.7 Å². The number of rotatable bonds is 7. The van der Waals surface area contributed by atoms with Crippen LogP contribution in [0.15, 0.2) is 51.9 Å². The Hall–Kier alpha value is -3.08. The number of nitrogens with zero attached hydrogens (tertiary/aromatic N) is 4. The van der Waals surface area contributed by atoms with E-state index in [-0.39, 0.29) is 16.7 Å². The molecule has 0 bridgehead atoms. The molecule has 3 aromatic rings. The third-order valence-electron chi connectivity index (χ3n) is 7.20. The predicted molar refractivity (Wildman–Crippen MR) is 140 cm³/mol. The number of carbonyl (C=O) groups is 1. The Labute approximate surface area is 217 Å². The maximum atomic E-state index is 13.1. The van der Waals surface area contributed by atoms with Gasteiger partial charge >= 0.3 is 0 Å². The average Bonchev–Trinajstić information content (AvgIpc) is 3.59. The van der Waals surface area contributed by atoms with Gasteiger partial charge in [0, 0.05) is 30.3 Å². The van der Waals surface area contributed by atoms with E-state index in [0.29, 0.717) is 55.4 Å². The lowest BCUT2D eigenvalue weighted by Gasteiger charge is -2.30. The first-order chi connectivity index (χ1) is 17.8.